The average Bonchev–Trinajstić information content (AvgIpc) is 2.99. The minimum atomic E-state index is -1.12. The first-order valence-corrected chi connectivity index (χ1v) is 10.5. The molecule has 2 N–H and O–H groups in total. The monoisotopic (exact) mass is 482 g/mol. The Morgan fingerprint density at radius 2 is 1.81 bits per heavy atom. The van der Waals surface area contributed by atoms with E-state index in [0.717, 1.165) is 10.5 Å². The van der Waals surface area contributed by atoms with Crippen LogP contribution >= 0.6 is 15.9 Å². The van der Waals surface area contributed by atoms with E-state index in [4.69, 9.17) is 0 Å². The third-order valence-electron chi connectivity index (χ3n) is 5.67. The van der Waals surface area contributed by atoms with Crippen molar-refractivity contribution >= 4 is 51.0 Å². The molecule has 0 bridgehead atoms. The lowest BCUT2D eigenvalue weighted by Gasteiger charge is -2.19. The van der Waals surface area contributed by atoms with E-state index < -0.39 is 23.7 Å². The zero-order valence-corrected chi connectivity index (χ0v) is 18.2. The van der Waals surface area contributed by atoms with Gasteiger partial charge in [-0.3, -0.25) is 14.4 Å². The van der Waals surface area contributed by atoms with Gasteiger partial charge in [0.2, 0.25) is 11.8 Å². The summed E-state index contributed by atoms with van der Waals surface area (Å²) >= 11 is 3.30. The summed E-state index contributed by atoms with van der Waals surface area (Å²) in [6, 6.07) is 10.7. The molecule has 8 heteroatoms. The number of anilines is 2. The van der Waals surface area contributed by atoms with Crippen molar-refractivity contribution in [2.75, 3.05) is 10.2 Å². The lowest BCUT2D eigenvalue weighted by Crippen LogP contribution is -2.33. The van der Waals surface area contributed by atoms with Gasteiger partial charge in [-0.15, -0.1) is 0 Å². The first kappa shape index (κ1) is 21.0. The second kappa shape index (κ2) is 8.11. The number of halogens is 1. The molecule has 1 aliphatic carbocycles. The Morgan fingerprint density at radius 1 is 1.10 bits per heavy atom. The summed E-state index contributed by atoms with van der Waals surface area (Å²) in [5, 5.41) is 11.9. The highest BCUT2D eigenvalue weighted by molar-refractivity contribution is 9.10. The lowest BCUT2D eigenvalue weighted by molar-refractivity contribution is -0.122. The number of hydrogen-bond acceptors (Lipinski definition) is 4. The van der Waals surface area contributed by atoms with Crippen LogP contribution in [0, 0.1) is 11.8 Å². The molecule has 2 aromatic rings. The number of rotatable bonds is 4. The highest BCUT2D eigenvalue weighted by atomic mass is 79.9. The van der Waals surface area contributed by atoms with Crippen molar-refractivity contribution in [3.05, 3.63) is 69.7 Å². The van der Waals surface area contributed by atoms with Gasteiger partial charge in [-0.05, 0) is 66.0 Å². The van der Waals surface area contributed by atoms with Crippen LogP contribution in [-0.4, -0.2) is 28.8 Å². The molecule has 0 spiro atoms. The summed E-state index contributed by atoms with van der Waals surface area (Å²) in [5.41, 5.74) is 1.75. The second-order valence-electron chi connectivity index (χ2n) is 7.69. The van der Waals surface area contributed by atoms with Crippen LogP contribution in [0.4, 0.5) is 11.4 Å². The minimum absolute atomic E-state index is 0.0172. The number of aromatic carboxylic acids is 1. The number of carboxylic acid groups (broad SMARTS) is 1. The molecule has 31 heavy (non-hydrogen) atoms. The highest BCUT2D eigenvalue weighted by Crippen LogP contribution is 2.40. The fourth-order valence-electron chi connectivity index (χ4n) is 4.08. The van der Waals surface area contributed by atoms with Crippen LogP contribution in [0.3, 0.4) is 0 Å². The van der Waals surface area contributed by atoms with Crippen molar-refractivity contribution < 1.29 is 24.3 Å². The summed E-state index contributed by atoms with van der Waals surface area (Å²) in [7, 11) is 0. The van der Waals surface area contributed by atoms with Crippen LogP contribution in [0.1, 0.15) is 40.5 Å². The van der Waals surface area contributed by atoms with Gasteiger partial charge >= 0.3 is 5.97 Å². The maximum atomic E-state index is 13.1. The SMILES string of the molecule is CC1=CC[C@@H]2C(=O)N(c3ccccc3C(=O)Nc3cc(C(=O)O)ccc3Br)C(=O)[C@H]2C1. The predicted molar refractivity (Wildman–Crippen MR) is 118 cm³/mol. The Bertz CT molecular complexity index is 1160. The number of imide groups is 1. The van der Waals surface area contributed by atoms with Gasteiger partial charge in [0.1, 0.15) is 0 Å². The summed E-state index contributed by atoms with van der Waals surface area (Å²) in [6.07, 6.45) is 3.04. The van der Waals surface area contributed by atoms with Gasteiger partial charge in [0.25, 0.3) is 5.91 Å². The van der Waals surface area contributed by atoms with Crippen LogP contribution in [-0.2, 0) is 9.59 Å². The number of nitrogens with one attached hydrogen (secondary N) is 1. The standard InChI is InChI=1S/C23H19BrN2O5/c1-12-6-8-14-16(10-12)22(29)26(21(14)28)19-5-3-2-4-15(19)20(27)25-18-11-13(23(30)31)7-9-17(18)24/h2-7,9,11,14,16H,8,10H2,1H3,(H,25,27)(H,30,31)/t14-,16-/m0/s1. The van der Waals surface area contributed by atoms with E-state index in [1.807, 2.05) is 13.0 Å². The summed E-state index contributed by atoms with van der Waals surface area (Å²) < 4.78 is 0.504. The lowest BCUT2D eigenvalue weighted by atomic mass is 9.82. The number of amides is 3. The number of carbonyl (C=O) groups excluding carboxylic acids is 3. The zero-order valence-electron chi connectivity index (χ0n) is 16.6. The largest absolute Gasteiger partial charge is 0.478 e. The number of para-hydroxylation sites is 1. The first-order valence-electron chi connectivity index (χ1n) is 9.74. The molecule has 0 radical (unpaired) electrons. The predicted octanol–water partition coefficient (Wildman–Crippen LogP) is 4.25. The average molecular weight is 483 g/mol. The Balaban J connectivity index is 1.66. The third-order valence-corrected chi connectivity index (χ3v) is 6.37. The third kappa shape index (κ3) is 3.79. The number of hydrogen-bond donors (Lipinski definition) is 2. The zero-order chi connectivity index (χ0) is 22.3. The van der Waals surface area contributed by atoms with Crippen molar-refractivity contribution in [3.63, 3.8) is 0 Å². The maximum absolute atomic E-state index is 13.1. The topological polar surface area (TPSA) is 104 Å². The number of nitrogens with zero attached hydrogens (tertiary/aromatic N) is 1. The Labute approximate surface area is 186 Å². The Hall–Kier alpha value is -3.26. The molecule has 2 aliphatic rings. The van der Waals surface area contributed by atoms with Gasteiger partial charge in [-0.1, -0.05) is 23.8 Å². The van der Waals surface area contributed by atoms with E-state index in [0.29, 0.717) is 17.3 Å². The first-order chi connectivity index (χ1) is 14.8. The molecule has 4 rings (SSSR count). The summed E-state index contributed by atoms with van der Waals surface area (Å²) in [6.45, 7) is 1.95. The Kier molecular flexibility index (Phi) is 5.49. The number of carbonyl (C=O) groups is 4. The van der Waals surface area contributed by atoms with Gasteiger partial charge in [-0.25, -0.2) is 9.69 Å². The fourth-order valence-corrected chi connectivity index (χ4v) is 4.43. The maximum Gasteiger partial charge on any atom is 0.335 e. The van der Waals surface area contributed by atoms with Crippen LogP contribution in [0.5, 0.6) is 0 Å². The van der Waals surface area contributed by atoms with E-state index in [1.165, 1.54) is 24.3 Å². The molecule has 1 fully saturated rings. The van der Waals surface area contributed by atoms with Gasteiger partial charge in [-0.2, -0.15) is 0 Å². The molecule has 1 aliphatic heterocycles. The van der Waals surface area contributed by atoms with E-state index in [-0.39, 0.29) is 34.3 Å². The number of fused-ring (bicyclic) bond motifs is 1. The van der Waals surface area contributed by atoms with Crippen molar-refractivity contribution in [1.29, 1.82) is 0 Å². The van der Waals surface area contributed by atoms with Crippen molar-refractivity contribution in [2.24, 2.45) is 11.8 Å². The molecule has 7 nitrogen and oxygen atoms in total. The molecule has 2 aromatic carbocycles. The Morgan fingerprint density at radius 3 is 2.55 bits per heavy atom. The number of carboxylic acids is 1. The van der Waals surface area contributed by atoms with E-state index in [9.17, 15) is 24.3 Å². The van der Waals surface area contributed by atoms with Crippen LogP contribution in [0.2, 0.25) is 0 Å². The molecule has 2 atom stereocenters. The van der Waals surface area contributed by atoms with E-state index in [1.54, 1.807) is 18.2 Å². The van der Waals surface area contributed by atoms with E-state index in [2.05, 4.69) is 21.2 Å². The smallest absolute Gasteiger partial charge is 0.335 e. The van der Waals surface area contributed by atoms with Gasteiger partial charge in [0.15, 0.2) is 0 Å². The van der Waals surface area contributed by atoms with Crippen LogP contribution in [0.15, 0.2) is 58.6 Å². The fraction of sp³-hybridized carbons (Fsp3) is 0.217. The molecular formula is C23H19BrN2O5. The van der Waals surface area contributed by atoms with E-state index >= 15 is 0 Å². The molecule has 0 unspecified atom stereocenters. The van der Waals surface area contributed by atoms with Crippen LogP contribution in [0.25, 0.3) is 0 Å². The molecule has 1 saturated heterocycles. The summed E-state index contributed by atoms with van der Waals surface area (Å²) in [5.74, 6) is -3.08. The van der Waals surface area contributed by atoms with Crippen LogP contribution < -0.4 is 10.2 Å². The second-order valence-corrected chi connectivity index (χ2v) is 8.54. The van der Waals surface area contributed by atoms with Gasteiger partial charge < -0.3 is 10.4 Å². The molecular weight excluding hydrogens is 464 g/mol. The number of benzene rings is 2. The molecule has 158 valence electrons. The minimum Gasteiger partial charge on any atom is -0.478 e. The van der Waals surface area contributed by atoms with Crippen molar-refractivity contribution in [3.8, 4) is 0 Å². The van der Waals surface area contributed by atoms with Crippen molar-refractivity contribution in [1.82, 2.24) is 0 Å². The number of allylic oxidation sites excluding steroid dienone is 2. The summed E-state index contributed by atoms with van der Waals surface area (Å²) in [4.78, 5) is 51.6. The van der Waals surface area contributed by atoms with Gasteiger partial charge in [0, 0.05) is 4.47 Å². The molecule has 1 heterocycles. The molecule has 3 amide bonds. The molecule has 0 aromatic heterocycles. The quantitative estimate of drug-likeness (QED) is 0.500. The van der Waals surface area contributed by atoms with Gasteiger partial charge in [0.05, 0.1) is 34.3 Å². The molecule has 0 saturated carbocycles. The highest BCUT2D eigenvalue weighted by Gasteiger charge is 2.49. The van der Waals surface area contributed by atoms with Crippen molar-refractivity contribution in [2.45, 2.75) is 19.8 Å². The normalized spacial score (nSPS) is 20.3.